The third-order valence-corrected chi connectivity index (χ3v) is 5.54. The maximum Gasteiger partial charge on any atom is 0.119 e. The van der Waals surface area contributed by atoms with Gasteiger partial charge in [-0.25, -0.2) is 0 Å². The molecule has 19 heavy (non-hydrogen) atoms. The standard InChI is InChI=1S/C15H23NO2S/c1-2-18-13-9-7-12(8-10-13)15(16)11-19(17)14-5-3-4-6-14/h7-10,14-15H,2-6,11,16H2,1H3. The van der Waals surface area contributed by atoms with Crippen LogP contribution in [0.25, 0.3) is 0 Å². The van der Waals surface area contributed by atoms with E-state index in [1.807, 2.05) is 31.2 Å². The Hall–Kier alpha value is -0.870. The predicted molar refractivity (Wildman–Crippen MR) is 79.8 cm³/mol. The molecule has 0 aromatic heterocycles. The lowest BCUT2D eigenvalue weighted by Crippen LogP contribution is -2.23. The molecule has 0 spiro atoms. The smallest absolute Gasteiger partial charge is 0.119 e. The summed E-state index contributed by atoms with van der Waals surface area (Å²) in [6, 6.07) is 7.66. The van der Waals surface area contributed by atoms with Crippen molar-refractivity contribution in [1.29, 1.82) is 0 Å². The van der Waals surface area contributed by atoms with Gasteiger partial charge in [0.25, 0.3) is 0 Å². The summed E-state index contributed by atoms with van der Waals surface area (Å²) in [5.41, 5.74) is 7.19. The van der Waals surface area contributed by atoms with E-state index >= 15 is 0 Å². The van der Waals surface area contributed by atoms with Crippen molar-refractivity contribution in [1.82, 2.24) is 0 Å². The van der Waals surface area contributed by atoms with Gasteiger partial charge < -0.3 is 10.5 Å². The van der Waals surface area contributed by atoms with Gasteiger partial charge in [0.05, 0.1) is 6.61 Å². The first-order valence-electron chi connectivity index (χ1n) is 7.06. The zero-order valence-corrected chi connectivity index (χ0v) is 12.3. The third kappa shape index (κ3) is 4.05. The quantitative estimate of drug-likeness (QED) is 0.872. The highest BCUT2D eigenvalue weighted by Gasteiger charge is 2.23. The van der Waals surface area contributed by atoms with E-state index in [2.05, 4.69) is 0 Å². The average molecular weight is 281 g/mol. The summed E-state index contributed by atoms with van der Waals surface area (Å²) in [6.45, 7) is 2.63. The van der Waals surface area contributed by atoms with Gasteiger partial charge in [-0.1, -0.05) is 25.0 Å². The Morgan fingerprint density at radius 2 is 1.95 bits per heavy atom. The van der Waals surface area contributed by atoms with Gasteiger partial charge in [0, 0.05) is 27.8 Å². The average Bonchev–Trinajstić information content (AvgIpc) is 2.94. The van der Waals surface area contributed by atoms with Crippen molar-refractivity contribution in [3.63, 3.8) is 0 Å². The molecular formula is C15H23NO2S. The van der Waals surface area contributed by atoms with E-state index in [0.717, 1.165) is 24.2 Å². The number of benzene rings is 1. The van der Waals surface area contributed by atoms with E-state index in [-0.39, 0.29) is 6.04 Å². The number of hydrogen-bond donors (Lipinski definition) is 1. The zero-order valence-electron chi connectivity index (χ0n) is 11.5. The Morgan fingerprint density at radius 3 is 2.53 bits per heavy atom. The van der Waals surface area contributed by atoms with Gasteiger partial charge >= 0.3 is 0 Å². The largest absolute Gasteiger partial charge is 0.494 e. The molecule has 0 saturated heterocycles. The first kappa shape index (κ1) is 14.5. The molecule has 0 bridgehead atoms. The molecule has 2 rings (SSSR count). The van der Waals surface area contributed by atoms with E-state index in [4.69, 9.17) is 10.5 Å². The molecule has 1 saturated carbocycles. The molecule has 1 aromatic carbocycles. The molecule has 3 nitrogen and oxygen atoms in total. The maximum atomic E-state index is 12.2. The number of ether oxygens (including phenoxy) is 1. The van der Waals surface area contributed by atoms with E-state index < -0.39 is 10.8 Å². The molecule has 2 atom stereocenters. The maximum absolute atomic E-state index is 12.2. The highest BCUT2D eigenvalue weighted by molar-refractivity contribution is 7.85. The number of rotatable bonds is 6. The molecule has 0 amide bonds. The van der Waals surface area contributed by atoms with Gasteiger partial charge in [0.1, 0.15) is 5.75 Å². The van der Waals surface area contributed by atoms with Crippen molar-refractivity contribution >= 4 is 10.8 Å². The molecular weight excluding hydrogens is 258 g/mol. The Kier molecular flexibility index (Phi) is 5.40. The lowest BCUT2D eigenvalue weighted by molar-refractivity contribution is 0.340. The van der Waals surface area contributed by atoms with Crippen molar-refractivity contribution < 1.29 is 8.95 Å². The fraction of sp³-hybridized carbons (Fsp3) is 0.600. The molecule has 1 aliphatic rings. The second-order valence-corrected chi connectivity index (χ2v) is 6.82. The summed E-state index contributed by atoms with van der Waals surface area (Å²) in [4.78, 5) is 0. The van der Waals surface area contributed by atoms with Crippen LogP contribution < -0.4 is 10.5 Å². The van der Waals surface area contributed by atoms with Gasteiger partial charge in [0.15, 0.2) is 0 Å². The Bertz CT molecular complexity index is 413. The van der Waals surface area contributed by atoms with Gasteiger partial charge in [-0.15, -0.1) is 0 Å². The summed E-state index contributed by atoms with van der Waals surface area (Å²) in [5.74, 6) is 1.42. The molecule has 1 aromatic rings. The Morgan fingerprint density at radius 1 is 1.32 bits per heavy atom. The van der Waals surface area contributed by atoms with E-state index in [9.17, 15) is 4.21 Å². The van der Waals surface area contributed by atoms with E-state index in [1.165, 1.54) is 12.8 Å². The van der Waals surface area contributed by atoms with Crippen molar-refractivity contribution in [2.75, 3.05) is 12.4 Å². The van der Waals surface area contributed by atoms with Crippen molar-refractivity contribution in [2.45, 2.75) is 43.9 Å². The van der Waals surface area contributed by atoms with Crippen LogP contribution in [0, 0.1) is 0 Å². The van der Waals surface area contributed by atoms with Crippen molar-refractivity contribution in [3.8, 4) is 5.75 Å². The van der Waals surface area contributed by atoms with E-state index in [0.29, 0.717) is 17.6 Å². The highest BCUT2D eigenvalue weighted by atomic mass is 32.2. The van der Waals surface area contributed by atoms with Crippen LogP contribution in [0.3, 0.4) is 0 Å². The van der Waals surface area contributed by atoms with Crippen LogP contribution >= 0.6 is 0 Å². The molecule has 1 fully saturated rings. The van der Waals surface area contributed by atoms with Crippen LogP contribution in [0.2, 0.25) is 0 Å². The van der Waals surface area contributed by atoms with Crippen LogP contribution in [0.1, 0.15) is 44.2 Å². The molecule has 4 heteroatoms. The van der Waals surface area contributed by atoms with Crippen molar-refractivity contribution in [3.05, 3.63) is 29.8 Å². The van der Waals surface area contributed by atoms with Crippen LogP contribution in [0.15, 0.2) is 24.3 Å². The molecule has 2 N–H and O–H groups in total. The minimum atomic E-state index is -0.791. The second-order valence-electron chi connectivity index (χ2n) is 5.06. The molecule has 0 heterocycles. The topological polar surface area (TPSA) is 52.3 Å². The predicted octanol–water partition coefficient (Wildman–Crippen LogP) is 2.78. The Balaban J connectivity index is 1.91. The Labute approximate surface area is 118 Å². The number of nitrogens with two attached hydrogens (primary N) is 1. The molecule has 106 valence electrons. The third-order valence-electron chi connectivity index (χ3n) is 3.64. The fourth-order valence-electron chi connectivity index (χ4n) is 2.54. The molecule has 2 unspecified atom stereocenters. The monoisotopic (exact) mass is 281 g/mol. The van der Waals surface area contributed by atoms with E-state index in [1.54, 1.807) is 0 Å². The first-order chi connectivity index (χ1) is 9.20. The minimum absolute atomic E-state index is 0.142. The van der Waals surface area contributed by atoms with Crippen LogP contribution in [-0.2, 0) is 10.8 Å². The zero-order chi connectivity index (χ0) is 13.7. The SMILES string of the molecule is CCOc1ccc(C(N)CS(=O)C2CCCC2)cc1. The van der Waals surface area contributed by atoms with Crippen LogP contribution in [0.4, 0.5) is 0 Å². The fourth-order valence-corrected chi connectivity index (χ4v) is 4.22. The summed E-state index contributed by atoms with van der Waals surface area (Å²) in [6.07, 6.45) is 4.63. The summed E-state index contributed by atoms with van der Waals surface area (Å²) >= 11 is 0. The van der Waals surface area contributed by atoms with Gasteiger partial charge in [-0.2, -0.15) is 0 Å². The lowest BCUT2D eigenvalue weighted by Gasteiger charge is -2.15. The molecule has 1 aliphatic carbocycles. The lowest BCUT2D eigenvalue weighted by atomic mass is 10.1. The molecule has 0 radical (unpaired) electrons. The summed E-state index contributed by atoms with van der Waals surface area (Å²) < 4.78 is 17.6. The molecule has 0 aliphatic heterocycles. The van der Waals surface area contributed by atoms with Gasteiger partial charge in [-0.3, -0.25) is 4.21 Å². The van der Waals surface area contributed by atoms with Crippen molar-refractivity contribution in [2.24, 2.45) is 5.73 Å². The van der Waals surface area contributed by atoms with Crippen LogP contribution in [-0.4, -0.2) is 21.8 Å². The summed E-state index contributed by atoms with van der Waals surface area (Å²) in [5, 5.41) is 0.369. The minimum Gasteiger partial charge on any atom is -0.494 e. The van der Waals surface area contributed by atoms with Gasteiger partial charge in [0.2, 0.25) is 0 Å². The number of hydrogen-bond acceptors (Lipinski definition) is 3. The normalized spacial score (nSPS) is 19.3. The van der Waals surface area contributed by atoms with Crippen LogP contribution in [0.5, 0.6) is 5.75 Å². The second kappa shape index (κ2) is 7.06. The highest BCUT2D eigenvalue weighted by Crippen LogP contribution is 2.25. The first-order valence-corrected chi connectivity index (χ1v) is 8.44. The van der Waals surface area contributed by atoms with Gasteiger partial charge in [-0.05, 0) is 37.5 Å². The summed E-state index contributed by atoms with van der Waals surface area (Å²) in [7, 11) is -0.791.